The number of carbonyl (C=O) groups excluding carboxylic acids is 4. The lowest BCUT2D eigenvalue weighted by Gasteiger charge is -2.36. The van der Waals surface area contributed by atoms with Crippen LogP contribution in [0.4, 0.5) is 10.5 Å². The molecular weight excluding hydrogens is 650 g/mol. The largest absolute Gasteiger partial charge is 0.464 e. The van der Waals surface area contributed by atoms with Crippen molar-refractivity contribution in [2.75, 3.05) is 25.1 Å². The van der Waals surface area contributed by atoms with Gasteiger partial charge in [-0.1, -0.05) is 80.9 Å². The molecule has 2 atom stereocenters. The standard InChI is InChI=1S/C40H49N3O8/c1-5-48-35(44)25-51-40(21-11-6-12-22-40)50-23-28-17-19-29(20-18-28)42-37(45)27(4)41-38(46)36(26(2)3)43-39(47)49-24-34-32-15-9-7-13-30(32)31-14-8-10-16-33(31)34/h7-10,13-20,26-27,34,36H,5-6,11-12,21-25H2,1-4H3,(H,41,46)(H,42,45)(H,43,47)/t27-,36-/m0/s1. The zero-order valence-corrected chi connectivity index (χ0v) is 29.9. The van der Waals surface area contributed by atoms with E-state index in [0.29, 0.717) is 25.1 Å². The van der Waals surface area contributed by atoms with Crippen LogP contribution in [0.25, 0.3) is 11.1 Å². The first-order valence-electron chi connectivity index (χ1n) is 17.8. The minimum Gasteiger partial charge on any atom is -0.464 e. The molecule has 51 heavy (non-hydrogen) atoms. The predicted molar refractivity (Wildman–Crippen MR) is 193 cm³/mol. The second-order valence-electron chi connectivity index (χ2n) is 13.5. The number of carbonyl (C=O) groups is 4. The Kier molecular flexibility index (Phi) is 12.8. The van der Waals surface area contributed by atoms with Gasteiger partial charge in [0.1, 0.15) is 25.3 Å². The van der Waals surface area contributed by atoms with Gasteiger partial charge in [0.05, 0.1) is 13.2 Å². The average molecular weight is 700 g/mol. The highest BCUT2D eigenvalue weighted by atomic mass is 16.7. The highest BCUT2D eigenvalue weighted by molar-refractivity contribution is 5.98. The molecule has 0 heterocycles. The molecule has 272 valence electrons. The van der Waals surface area contributed by atoms with Crippen molar-refractivity contribution in [1.29, 1.82) is 0 Å². The lowest BCUT2D eigenvalue weighted by atomic mass is 9.94. The van der Waals surface area contributed by atoms with Gasteiger partial charge in [0, 0.05) is 24.4 Å². The third kappa shape index (κ3) is 9.74. The first kappa shape index (κ1) is 37.5. The molecule has 0 unspecified atom stereocenters. The number of anilines is 1. The fraction of sp³-hybridized carbons (Fsp3) is 0.450. The SMILES string of the molecule is CCOC(=O)COC1(OCc2ccc(NC(=O)[C@H](C)NC(=O)[C@@H](NC(=O)OCC3c4ccccc4-c4ccccc43)C(C)C)cc2)CCCCC1. The van der Waals surface area contributed by atoms with Crippen molar-refractivity contribution in [3.8, 4) is 11.1 Å². The van der Waals surface area contributed by atoms with Gasteiger partial charge >= 0.3 is 12.1 Å². The number of fused-ring (bicyclic) bond motifs is 3. The van der Waals surface area contributed by atoms with E-state index in [4.69, 9.17) is 18.9 Å². The topological polar surface area (TPSA) is 141 Å². The van der Waals surface area contributed by atoms with E-state index in [9.17, 15) is 19.2 Å². The smallest absolute Gasteiger partial charge is 0.407 e. The van der Waals surface area contributed by atoms with E-state index in [1.807, 2.05) is 62.4 Å². The molecule has 1 fully saturated rings. The van der Waals surface area contributed by atoms with E-state index >= 15 is 0 Å². The number of ether oxygens (including phenoxy) is 4. The Morgan fingerprint density at radius 2 is 1.39 bits per heavy atom. The van der Waals surface area contributed by atoms with E-state index in [-0.39, 0.29) is 31.7 Å². The third-order valence-corrected chi connectivity index (χ3v) is 9.42. The Hall–Kier alpha value is -4.74. The highest BCUT2D eigenvalue weighted by Crippen LogP contribution is 2.44. The average Bonchev–Trinajstić information content (AvgIpc) is 3.45. The maximum absolute atomic E-state index is 13.3. The van der Waals surface area contributed by atoms with E-state index in [2.05, 4.69) is 28.1 Å². The van der Waals surface area contributed by atoms with Crippen LogP contribution in [0.5, 0.6) is 0 Å². The van der Waals surface area contributed by atoms with Crippen LogP contribution in [0.15, 0.2) is 72.8 Å². The molecular formula is C40H49N3O8. The molecule has 2 aliphatic carbocycles. The van der Waals surface area contributed by atoms with Gasteiger partial charge in [-0.15, -0.1) is 0 Å². The number of benzene rings is 3. The summed E-state index contributed by atoms with van der Waals surface area (Å²) in [7, 11) is 0. The van der Waals surface area contributed by atoms with Crippen LogP contribution in [0.3, 0.4) is 0 Å². The number of alkyl carbamates (subject to hydrolysis) is 1. The van der Waals surface area contributed by atoms with Crippen LogP contribution < -0.4 is 16.0 Å². The number of amides is 3. The maximum atomic E-state index is 13.3. The molecule has 0 spiro atoms. The van der Waals surface area contributed by atoms with Crippen molar-refractivity contribution in [2.24, 2.45) is 5.92 Å². The minimum atomic E-state index is -0.913. The van der Waals surface area contributed by atoms with E-state index < -0.39 is 41.7 Å². The van der Waals surface area contributed by atoms with Crippen molar-refractivity contribution < 1.29 is 38.1 Å². The molecule has 0 saturated heterocycles. The Balaban J connectivity index is 1.09. The summed E-state index contributed by atoms with van der Waals surface area (Å²) in [6, 6.07) is 21.6. The van der Waals surface area contributed by atoms with Gasteiger partial charge in [-0.2, -0.15) is 0 Å². The third-order valence-electron chi connectivity index (χ3n) is 9.42. The minimum absolute atomic E-state index is 0.106. The van der Waals surface area contributed by atoms with E-state index in [1.165, 1.54) is 0 Å². The first-order chi connectivity index (χ1) is 24.6. The Bertz CT molecular complexity index is 1620. The van der Waals surface area contributed by atoms with Crippen LogP contribution in [0.1, 0.15) is 82.4 Å². The zero-order valence-electron chi connectivity index (χ0n) is 29.9. The van der Waals surface area contributed by atoms with Crippen LogP contribution in [-0.4, -0.2) is 61.6 Å². The summed E-state index contributed by atoms with van der Waals surface area (Å²) in [6.45, 7) is 7.50. The van der Waals surface area contributed by atoms with Crippen LogP contribution in [0.2, 0.25) is 0 Å². The maximum Gasteiger partial charge on any atom is 0.407 e. The second-order valence-corrected chi connectivity index (χ2v) is 13.5. The van der Waals surface area contributed by atoms with Crippen molar-refractivity contribution in [1.82, 2.24) is 10.6 Å². The number of esters is 1. The van der Waals surface area contributed by atoms with Crippen LogP contribution in [-0.2, 0) is 39.9 Å². The van der Waals surface area contributed by atoms with Gasteiger partial charge in [-0.25, -0.2) is 9.59 Å². The molecule has 2 aliphatic rings. The summed E-state index contributed by atoms with van der Waals surface area (Å²) < 4.78 is 22.8. The number of hydrogen-bond donors (Lipinski definition) is 3. The molecule has 11 heteroatoms. The first-order valence-corrected chi connectivity index (χ1v) is 17.8. The molecule has 3 N–H and O–H groups in total. The molecule has 0 bridgehead atoms. The van der Waals surface area contributed by atoms with Gasteiger partial charge < -0.3 is 34.9 Å². The van der Waals surface area contributed by atoms with Crippen molar-refractivity contribution in [3.05, 3.63) is 89.5 Å². The monoisotopic (exact) mass is 699 g/mol. The summed E-state index contributed by atoms with van der Waals surface area (Å²) in [5, 5.41) is 8.24. The lowest BCUT2D eigenvalue weighted by Crippen LogP contribution is -2.53. The molecule has 5 rings (SSSR count). The summed E-state index contributed by atoms with van der Waals surface area (Å²) >= 11 is 0. The molecule has 1 saturated carbocycles. The van der Waals surface area contributed by atoms with Gasteiger partial charge in [0.15, 0.2) is 5.79 Å². The van der Waals surface area contributed by atoms with Crippen molar-refractivity contribution >= 4 is 29.6 Å². The molecule has 3 aromatic rings. The molecule has 0 radical (unpaired) electrons. The summed E-state index contributed by atoms with van der Waals surface area (Å²) in [4.78, 5) is 51.1. The fourth-order valence-corrected chi connectivity index (χ4v) is 6.63. The van der Waals surface area contributed by atoms with Gasteiger partial charge in [0.2, 0.25) is 11.8 Å². The van der Waals surface area contributed by atoms with Gasteiger partial charge in [-0.05, 0) is 72.6 Å². The summed E-state index contributed by atoms with van der Waals surface area (Å²) in [5.74, 6) is -2.52. The van der Waals surface area contributed by atoms with Crippen molar-refractivity contribution in [3.63, 3.8) is 0 Å². The Labute approximate surface area is 299 Å². The second kappa shape index (κ2) is 17.5. The van der Waals surface area contributed by atoms with Gasteiger partial charge in [-0.3, -0.25) is 9.59 Å². The highest BCUT2D eigenvalue weighted by Gasteiger charge is 2.35. The van der Waals surface area contributed by atoms with Crippen LogP contribution in [0, 0.1) is 5.92 Å². The molecule has 0 aromatic heterocycles. The molecule has 0 aliphatic heterocycles. The molecule has 3 amide bonds. The number of nitrogens with one attached hydrogen (secondary N) is 3. The summed E-state index contributed by atoms with van der Waals surface area (Å²) in [6.07, 6.45) is 3.69. The summed E-state index contributed by atoms with van der Waals surface area (Å²) in [5.41, 5.74) is 5.86. The van der Waals surface area contributed by atoms with E-state index in [0.717, 1.165) is 47.1 Å². The van der Waals surface area contributed by atoms with Crippen molar-refractivity contribution in [2.45, 2.75) is 90.2 Å². The molecule has 3 aromatic carbocycles. The lowest BCUT2D eigenvalue weighted by molar-refractivity contribution is -0.259. The number of hydrogen-bond acceptors (Lipinski definition) is 8. The Morgan fingerprint density at radius 1 is 0.765 bits per heavy atom. The van der Waals surface area contributed by atoms with Gasteiger partial charge in [0.25, 0.3) is 0 Å². The zero-order chi connectivity index (χ0) is 36.4. The fourth-order valence-electron chi connectivity index (χ4n) is 6.63. The Morgan fingerprint density at radius 3 is 2.00 bits per heavy atom. The van der Waals surface area contributed by atoms with Crippen LogP contribution >= 0.6 is 0 Å². The number of rotatable bonds is 15. The normalized spacial score (nSPS) is 15.9. The molecule has 11 nitrogen and oxygen atoms in total. The predicted octanol–water partition coefficient (Wildman–Crippen LogP) is 6.45. The quantitative estimate of drug-likeness (QED) is 0.121. The van der Waals surface area contributed by atoms with E-state index in [1.54, 1.807) is 26.0 Å².